The third-order valence-corrected chi connectivity index (χ3v) is 4.86. The summed E-state index contributed by atoms with van der Waals surface area (Å²) in [4.78, 5) is 27.2. The van der Waals surface area contributed by atoms with Gasteiger partial charge in [0.1, 0.15) is 5.75 Å². The molecule has 1 unspecified atom stereocenters. The number of aliphatic carboxylic acids is 1. The highest BCUT2D eigenvalue weighted by Crippen LogP contribution is 2.31. The van der Waals surface area contributed by atoms with Crippen LogP contribution < -0.4 is 9.64 Å². The van der Waals surface area contributed by atoms with Gasteiger partial charge in [0, 0.05) is 18.3 Å². The van der Waals surface area contributed by atoms with Gasteiger partial charge in [0.25, 0.3) is 0 Å². The van der Waals surface area contributed by atoms with Crippen molar-refractivity contribution < 1.29 is 32.6 Å². The number of alkyl halides is 3. The Hall–Kier alpha value is -2.29. The molecule has 1 atom stereocenters. The van der Waals surface area contributed by atoms with Crippen LogP contribution in [0.2, 0.25) is 0 Å². The molecule has 0 saturated carbocycles. The number of carbonyl (C=O) groups is 2. The molecule has 1 amide bonds. The molecule has 1 aromatic rings. The maximum Gasteiger partial charge on any atom is 0.573 e. The van der Waals surface area contributed by atoms with Crippen LogP contribution in [0.25, 0.3) is 0 Å². The van der Waals surface area contributed by atoms with E-state index in [0.717, 1.165) is 0 Å². The summed E-state index contributed by atoms with van der Waals surface area (Å²) in [5.41, 5.74) is 0.361. The number of carbonyl (C=O) groups excluding carboxylic acids is 1. The van der Waals surface area contributed by atoms with Crippen molar-refractivity contribution >= 4 is 17.6 Å². The van der Waals surface area contributed by atoms with E-state index >= 15 is 0 Å². The Balaban J connectivity index is 1.66. The van der Waals surface area contributed by atoms with E-state index in [9.17, 15) is 22.8 Å². The minimum atomic E-state index is -4.79. The molecular weight excluding hydrogens is 353 g/mol. The third kappa shape index (κ3) is 4.09. The second kappa shape index (κ2) is 7.14. The number of carboxylic acids is 1. The first-order valence-electron chi connectivity index (χ1n) is 8.38. The topological polar surface area (TPSA) is 70.1 Å². The molecule has 3 rings (SSSR count). The zero-order valence-electron chi connectivity index (χ0n) is 13.9. The minimum Gasteiger partial charge on any atom is -0.481 e. The van der Waals surface area contributed by atoms with Gasteiger partial charge in [-0.25, -0.2) is 0 Å². The van der Waals surface area contributed by atoms with Gasteiger partial charge in [-0.1, -0.05) is 6.07 Å². The number of rotatable bonds is 4. The summed E-state index contributed by atoms with van der Waals surface area (Å²) < 4.78 is 41.0. The van der Waals surface area contributed by atoms with E-state index in [1.807, 2.05) is 4.90 Å². The van der Waals surface area contributed by atoms with Crippen molar-refractivity contribution in [3.63, 3.8) is 0 Å². The van der Waals surface area contributed by atoms with Crippen molar-refractivity contribution in [2.45, 2.75) is 31.7 Å². The Morgan fingerprint density at radius 3 is 2.46 bits per heavy atom. The van der Waals surface area contributed by atoms with Crippen LogP contribution in [0.15, 0.2) is 24.3 Å². The fourth-order valence-electron chi connectivity index (χ4n) is 3.57. The molecule has 2 aliphatic rings. The van der Waals surface area contributed by atoms with Crippen molar-refractivity contribution in [3.05, 3.63) is 24.3 Å². The van der Waals surface area contributed by atoms with E-state index in [4.69, 9.17) is 5.11 Å². The maximum absolute atomic E-state index is 12.7. The molecular formula is C17H19F3N2O4. The van der Waals surface area contributed by atoms with E-state index in [-0.39, 0.29) is 23.6 Å². The molecule has 0 aromatic heterocycles. The molecule has 2 fully saturated rings. The van der Waals surface area contributed by atoms with Crippen LogP contribution in [0.3, 0.4) is 0 Å². The fourth-order valence-corrected chi connectivity index (χ4v) is 3.57. The standard InChI is InChI=1S/C17H19F3N2O4/c18-17(19,20)26-13-3-1-2-12(10-13)22-9-6-14(15(22)23)21-7-4-11(5-8-21)16(24)25/h1-3,10-11,14H,4-9H2,(H,24,25). The Bertz CT molecular complexity index is 687. The quantitative estimate of drug-likeness (QED) is 0.879. The molecule has 26 heavy (non-hydrogen) atoms. The number of likely N-dealkylation sites (tertiary alicyclic amines) is 1. The van der Waals surface area contributed by atoms with Gasteiger partial charge in [-0.2, -0.15) is 0 Å². The number of anilines is 1. The van der Waals surface area contributed by atoms with Gasteiger partial charge in [-0.15, -0.1) is 13.2 Å². The molecule has 2 heterocycles. The second-order valence-electron chi connectivity index (χ2n) is 6.49. The van der Waals surface area contributed by atoms with Crippen LogP contribution in [0.5, 0.6) is 5.75 Å². The average molecular weight is 372 g/mol. The first-order valence-corrected chi connectivity index (χ1v) is 8.38. The van der Waals surface area contributed by atoms with Crippen LogP contribution in [-0.4, -0.2) is 53.9 Å². The van der Waals surface area contributed by atoms with E-state index < -0.39 is 12.3 Å². The summed E-state index contributed by atoms with van der Waals surface area (Å²) in [5.74, 6) is -1.74. The lowest BCUT2D eigenvalue weighted by Gasteiger charge is -2.33. The van der Waals surface area contributed by atoms with E-state index in [0.29, 0.717) is 44.6 Å². The summed E-state index contributed by atoms with van der Waals surface area (Å²) in [5, 5.41) is 9.05. The minimum absolute atomic E-state index is 0.178. The molecule has 9 heteroatoms. The van der Waals surface area contributed by atoms with E-state index in [2.05, 4.69) is 4.74 Å². The van der Waals surface area contributed by atoms with Crippen molar-refractivity contribution in [2.75, 3.05) is 24.5 Å². The number of halogens is 3. The van der Waals surface area contributed by atoms with Gasteiger partial charge < -0.3 is 14.7 Å². The largest absolute Gasteiger partial charge is 0.573 e. The van der Waals surface area contributed by atoms with Crippen LogP contribution in [0.4, 0.5) is 18.9 Å². The Kier molecular flexibility index (Phi) is 5.08. The van der Waals surface area contributed by atoms with Gasteiger partial charge in [-0.3, -0.25) is 14.5 Å². The molecule has 0 aliphatic carbocycles. The van der Waals surface area contributed by atoms with Gasteiger partial charge in [0.05, 0.1) is 12.0 Å². The highest BCUT2D eigenvalue weighted by Gasteiger charge is 2.39. The summed E-state index contributed by atoms with van der Waals surface area (Å²) in [6.07, 6.45) is -3.24. The van der Waals surface area contributed by atoms with Crippen molar-refractivity contribution in [1.82, 2.24) is 4.90 Å². The number of hydrogen-bond donors (Lipinski definition) is 1. The third-order valence-electron chi connectivity index (χ3n) is 4.86. The monoisotopic (exact) mass is 372 g/mol. The Morgan fingerprint density at radius 2 is 1.85 bits per heavy atom. The first-order chi connectivity index (χ1) is 12.2. The maximum atomic E-state index is 12.7. The zero-order valence-corrected chi connectivity index (χ0v) is 13.9. The summed E-state index contributed by atoms with van der Waals surface area (Å²) >= 11 is 0. The second-order valence-corrected chi connectivity index (χ2v) is 6.49. The number of ether oxygens (including phenoxy) is 1. The number of nitrogens with zero attached hydrogens (tertiary/aromatic N) is 2. The average Bonchev–Trinajstić information content (AvgIpc) is 2.95. The van der Waals surface area contributed by atoms with E-state index in [1.54, 1.807) is 6.07 Å². The fraction of sp³-hybridized carbons (Fsp3) is 0.529. The van der Waals surface area contributed by atoms with Gasteiger partial charge in [-0.05, 0) is 44.5 Å². The lowest BCUT2D eigenvalue weighted by atomic mass is 9.96. The van der Waals surface area contributed by atoms with Crippen LogP contribution in [0, 0.1) is 5.92 Å². The molecule has 142 valence electrons. The normalized spacial score (nSPS) is 22.7. The predicted molar refractivity (Wildman–Crippen MR) is 85.8 cm³/mol. The van der Waals surface area contributed by atoms with Crippen LogP contribution >= 0.6 is 0 Å². The van der Waals surface area contributed by atoms with E-state index in [1.165, 1.54) is 23.1 Å². The molecule has 6 nitrogen and oxygen atoms in total. The number of carboxylic acid groups (broad SMARTS) is 1. The smallest absolute Gasteiger partial charge is 0.481 e. The molecule has 1 N–H and O–H groups in total. The summed E-state index contributed by atoms with van der Waals surface area (Å²) in [6.45, 7) is 1.45. The van der Waals surface area contributed by atoms with Crippen LogP contribution in [0.1, 0.15) is 19.3 Å². The molecule has 0 spiro atoms. The lowest BCUT2D eigenvalue weighted by molar-refractivity contribution is -0.274. The van der Waals surface area contributed by atoms with Crippen molar-refractivity contribution in [2.24, 2.45) is 5.92 Å². The van der Waals surface area contributed by atoms with Crippen molar-refractivity contribution in [1.29, 1.82) is 0 Å². The molecule has 0 radical (unpaired) electrons. The lowest BCUT2D eigenvalue weighted by Crippen LogP contribution is -2.46. The molecule has 0 bridgehead atoms. The molecule has 2 aliphatic heterocycles. The summed E-state index contributed by atoms with van der Waals surface area (Å²) in [7, 11) is 0. The molecule has 1 aromatic carbocycles. The SMILES string of the molecule is O=C(O)C1CCN(C2CCN(c3cccc(OC(F)(F)F)c3)C2=O)CC1. The molecule has 2 saturated heterocycles. The number of hydrogen-bond acceptors (Lipinski definition) is 4. The van der Waals surface area contributed by atoms with Crippen molar-refractivity contribution in [3.8, 4) is 5.75 Å². The number of piperidine rings is 1. The van der Waals surface area contributed by atoms with Crippen LogP contribution in [-0.2, 0) is 9.59 Å². The first kappa shape index (κ1) is 18.5. The number of amides is 1. The summed E-state index contributed by atoms with van der Waals surface area (Å²) in [6, 6.07) is 5.00. The van der Waals surface area contributed by atoms with Gasteiger partial charge in [0.2, 0.25) is 5.91 Å². The zero-order chi connectivity index (χ0) is 18.9. The predicted octanol–water partition coefficient (Wildman–Crippen LogP) is 2.49. The van der Waals surface area contributed by atoms with Gasteiger partial charge >= 0.3 is 12.3 Å². The highest BCUT2D eigenvalue weighted by molar-refractivity contribution is 5.99. The number of benzene rings is 1. The van der Waals surface area contributed by atoms with Gasteiger partial charge in [0.15, 0.2) is 0 Å². The Labute approximate surface area is 148 Å². The Morgan fingerprint density at radius 1 is 1.15 bits per heavy atom. The highest BCUT2D eigenvalue weighted by atomic mass is 19.4.